The fourth-order valence-electron chi connectivity index (χ4n) is 5.38. The van der Waals surface area contributed by atoms with E-state index in [1.807, 2.05) is 0 Å². The summed E-state index contributed by atoms with van der Waals surface area (Å²) in [5, 5.41) is 39.9. The van der Waals surface area contributed by atoms with Crippen LogP contribution in [0.2, 0.25) is 0 Å². The van der Waals surface area contributed by atoms with Crippen LogP contribution >= 0.6 is 0 Å². The number of rotatable bonds is 30. The lowest BCUT2D eigenvalue weighted by molar-refractivity contribution is -0.305. The zero-order valence-corrected chi connectivity index (χ0v) is 30.4. The fraction of sp³-hybridized carbons (Fsp3) is 0.795. The minimum atomic E-state index is -1.60. The summed E-state index contributed by atoms with van der Waals surface area (Å²) in [6, 6.07) is 0. The summed E-state index contributed by atoms with van der Waals surface area (Å²) in [7, 11) is 0. The van der Waals surface area contributed by atoms with Gasteiger partial charge in [-0.15, -0.1) is 0 Å². The summed E-state index contributed by atoms with van der Waals surface area (Å²) in [4.78, 5) is 25.1. The summed E-state index contributed by atoms with van der Waals surface area (Å²) in [5.41, 5.74) is 0. The van der Waals surface area contributed by atoms with E-state index in [2.05, 4.69) is 50.3 Å². The molecular formula is C39H68O10. The van der Waals surface area contributed by atoms with Crippen LogP contribution in [0.25, 0.3) is 0 Å². The Morgan fingerprint density at radius 2 is 1.18 bits per heavy atom. The van der Waals surface area contributed by atoms with E-state index < -0.39 is 55.4 Å². The maximum Gasteiger partial charge on any atom is 0.306 e. The van der Waals surface area contributed by atoms with Crippen molar-refractivity contribution in [2.75, 3.05) is 19.8 Å². The zero-order chi connectivity index (χ0) is 36.0. The molecule has 0 bridgehead atoms. The summed E-state index contributed by atoms with van der Waals surface area (Å²) >= 11 is 0. The lowest BCUT2D eigenvalue weighted by Gasteiger charge is -2.39. The maximum absolute atomic E-state index is 12.7. The maximum atomic E-state index is 12.7. The smallest absolute Gasteiger partial charge is 0.306 e. The van der Waals surface area contributed by atoms with E-state index in [0.29, 0.717) is 12.8 Å². The summed E-state index contributed by atoms with van der Waals surface area (Å²) in [6.07, 6.45) is 24.4. The third-order valence-corrected chi connectivity index (χ3v) is 8.48. The molecule has 1 heterocycles. The molecule has 0 aromatic heterocycles. The summed E-state index contributed by atoms with van der Waals surface area (Å²) in [6.45, 7) is 3.26. The monoisotopic (exact) mass is 696 g/mol. The molecule has 4 N–H and O–H groups in total. The van der Waals surface area contributed by atoms with Crippen molar-refractivity contribution in [1.82, 2.24) is 0 Å². The van der Waals surface area contributed by atoms with Gasteiger partial charge in [-0.3, -0.25) is 9.59 Å². The first-order chi connectivity index (χ1) is 23.8. The number of carbonyl (C=O) groups excluding carboxylic acids is 2. The van der Waals surface area contributed by atoms with Crippen LogP contribution in [0.3, 0.4) is 0 Å². The molecule has 0 aliphatic carbocycles. The third kappa shape index (κ3) is 23.1. The number of hydrogen-bond acceptors (Lipinski definition) is 10. The van der Waals surface area contributed by atoms with Crippen molar-refractivity contribution in [3.8, 4) is 0 Å². The van der Waals surface area contributed by atoms with Crippen molar-refractivity contribution >= 4 is 11.9 Å². The first kappa shape index (κ1) is 44.9. The average molecular weight is 697 g/mol. The van der Waals surface area contributed by atoms with E-state index in [4.69, 9.17) is 18.9 Å². The van der Waals surface area contributed by atoms with Crippen LogP contribution in [-0.2, 0) is 28.5 Å². The highest BCUT2D eigenvalue weighted by Gasteiger charge is 2.44. The van der Waals surface area contributed by atoms with Gasteiger partial charge in [-0.2, -0.15) is 0 Å². The van der Waals surface area contributed by atoms with E-state index in [1.54, 1.807) is 0 Å². The number of carbonyl (C=O) groups is 2. The number of aliphatic hydroxyl groups excluding tert-OH is 4. The number of esters is 2. The molecule has 1 fully saturated rings. The Morgan fingerprint density at radius 1 is 0.633 bits per heavy atom. The van der Waals surface area contributed by atoms with Crippen LogP contribution < -0.4 is 0 Å². The van der Waals surface area contributed by atoms with Crippen molar-refractivity contribution in [1.29, 1.82) is 0 Å². The Labute approximate surface area is 295 Å². The molecule has 1 rings (SSSR count). The molecule has 1 saturated heterocycles. The van der Waals surface area contributed by atoms with E-state index >= 15 is 0 Å². The van der Waals surface area contributed by atoms with Crippen molar-refractivity contribution in [2.45, 2.75) is 179 Å². The molecule has 0 aromatic rings. The second kappa shape index (κ2) is 30.7. The Balaban J connectivity index is 2.43. The molecule has 0 amide bonds. The Bertz CT molecular complexity index is 902. The SMILES string of the molecule is CCC/C=C\C/C=C\CCCCCCCC(=O)OC(COC(=O)CCCCCCC/C=C\CCCC)COC1OC(CO)C(O)C(O)C1O. The average Bonchev–Trinajstić information content (AvgIpc) is 3.10. The van der Waals surface area contributed by atoms with Crippen LogP contribution in [-0.4, -0.2) is 89.0 Å². The van der Waals surface area contributed by atoms with Gasteiger partial charge in [-0.1, -0.05) is 108 Å². The highest BCUT2D eigenvalue weighted by Crippen LogP contribution is 2.22. The van der Waals surface area contributed by atoms with Gasteiger partial charge in [0.25, 0.3) is 0 Å². The Kier molecular flexibility index (Phi) is 28.2. The van der Waals surface area contributed by atoms with E-state index in [0.717, 1.165) is 83.5 Å². The van der Waals surface area contributed by atoms with Gasteiger partial charge in [0.1, 0.15) is 31.0 Å². The number of hydrogen-bond donors (Lipinski definition) is 4. The molecule has 0 aromatic carbocycles. The van der Waals surface area contributed by atoms with Crippen LogP contribution in [0.5, 0.6) is 0 Å². The van der Waals surface area contributed by atoms with Gasteiger partial charge >= 0.3 is 11.9 Å². The molecule has 10 heteroatoms. The lowest BCUT2D eigenvalue weighted by atomic mass is 9.99. The van der Waals surface area contributed by atoms with Crippen LogP contribution in [0, 0.1) is 0 Å². The predicted molar refractivity (Wildman–Crippen MR) is 192 cm³/mol. The molecule has 6 unspecified atom stereocenters. The third-order valence-electron chi connectivity index (χ3n) is 8.48. The topological polar surface area (TPSA) is 152 Å². The molecular weight excluding hydrogens is 628 g/mol. The fourth-order valence-corrected chi connectivity index (χ4v) is 5.38. The van der Waals surface area contributed by atoms with Gasteiger partial charge in [0, 0.05) is 12.8 Å². The van der Waals surface area contributed by atoms with Crippen molar-refractivity contribution in [2.24, 2.45) is 0 Å². The minimum absolute atomic E-state index is 0.211. The Hall–Kier alpha value is -2.08. The second-order valence-electron chi connectivity index (χ2n) is 13.0. The minimum Gasteiger partial charge on any atom is -0.462 e. The van der Waals surface area contributed by atoms with Crippen LogP contribution in [0.15, 0.2) is 36.5 Å². The van der Waals surface area contributed by atoms with Gasteiger partial charge in [0.05, 0.1) is 13.2 Å². The number of ether oxygens (including phenoxy) is 4. The molecule has 6 atom stereocenters. The van der Waals surface area contributed by atoms with Gasteiger partial charge in [-0.05, 0) is 57.8 Å². The molecule has 10 nitrogen and oxygen atoms in total. The first-order valence-electron chi connectivity index (χ1n) is 19.1. The molecule has 1 aliphatic heterocycles. The molecule has 0 spiro atoms. The zero-order valence-electron chi connectivity index (χ0n) is 30.4. The summed E-state index contributed by atoms with van der Waals surface area (Å²) in [5.74, 6) is -0.840. The normalized spacial score (nSPS) is 22.0. The first-order valence-corrected chi connectivity index (χ1v) is 19.1. The molecule has 49 heavy (non-hydrogen) atoms. The lowest BCUT2D eigenvalue weighted by Crippen LogP contribution is -2.59. The molecule has 1 aliphatic rings. The highest BCUT2D eigenvalue weighted by atomic mass is 16.7. The number of unbranched alkanes of at least 4 members (excludes halogenated alkanes) is 13. The van der Waals surface area contributed by atoms with E-state index in [1.165, 1.54) is 19.3 Å². The summed E-state index contributed by atoms with van der Waals surface area (Å²) < 4.78 is 22.0. The molecule has 0 saturated carbocycles. The van der Waals surface area contributed by atoms with E-state index in [9.17, 15) is 30.0 Å². The second-order valence-corrected chi connectivity index (χ2v) is 13.0. The standard InChI is InChI=1S/C39H68O10/c1-3-5-7-9-11-13-15-16-18-20-22-24-26-28-35(42)48-32(31-47-39-38(45)37(44)36(43)33(29-40)49-39)30-46-34(41)27-25-23-21-19-17-14-12-10-8-6-4-2/h7,9-10,12-13,15,32-33,36-40,43-45H,3-6,8,11,14,16-31H2,1-2H3/b9-7-,12-10-,15-13-. The van der Waals surface area contributed by atoms with Crippen molar-refractivity contribution < 1.29 is 49.0 Å². The molecule has 284 valence electrons. The van der Waals surface area contributed by atoms with Crippen LogP contribution in [0.1, 0.15) is 142 Å². The molecule has 0 radical (unpaired) electrons. The van der Waals surface area contributed by atoms with Gasteiger partial charge in [0.15, 0.2) is 12.4 Å². The Morgan fingerprint density at radius 3 is 1.80 bits per heavy atom. The highest BCUT2D eigenvalue weighted by molar-refractivity contribution is 5.70. The van der Waals surface area contributed by atoms with Gasteiger partial charge in [-0.25, -0.2) is 0 Å². The van der Waals surface area contributed by atoms with Crippen molar-refractivity contribution in [3.63, 3.8) is 0 Å². The quantitative estimate of drug-likeness (QED) is 0.0360. The van der Waals surface area contributed by atoms with Gasteiger partial charge < -0.3 is 39.4 Å². The van der Waals surface area contributed by atoms with Crippen molar-refractivity contribution in [3.05, 3.63) is 36.5 Å². The number of aliphatic hydroxyl groups is 4. The predicted octanol–water partition coefficient (Wildman–Crippen LogP) is 6.77. The van der Waals surface area contributed by atoms with Gasteiger partial charge in [0.2, 0.25) is 0 Å². The van der Waals surface area contributed by atoms with E-state index in [-0.39, 0.29) is 26.1 Å². The van der Waals surface area contributed by atoms with Crippen LogP contribution in [0.4, 0.5) is 0 Å². The number of allylic oxidation sites excluding steroid dienone is 6. The largest absolute Gasteiger partial charge is 0.462 e.